The molecule has 0 radical (unpaired) electrons. The number of nitrogens with zero attached hydrogens (tertiary/aromatic N) is 7. The molecule has 0 spiro atoms. The molecule has 1 fully saturated rings. The standard InChI is InChI=1S/C22H27N7O3/c1-13(2)18-11-23-29(26-18)12-19-21(25-27-28(19)4)17-8-9-20(14(3)24-17)32-16-7-5-6-15(10-16)22(30)31/h8-9,11,15-16H,1,5-7,10,12H2,2-4H3,(H,30,31)/t15-,16?/m0/s1. The van der Waals surface area contributed by atoms with Crippen molar-refractivity contribution >= 4 is 11.5 Å². The van der Waals surface area contributed by atoms with Crippen LogP contribution in [0.25, 0.3) is 17.0 Å². The Kier molecular flexibility index (Phi) is 6.02. The lowest BCUT2D eigenvalue weighted by Gasteiger charge is -2.27. The van der Waals surface area contributed by atoms with Crippen LogP contribution in [0.3, 0.4) is 0 Å². The zero-order valence-corrected chi connectivity index (χ0v) is 18.5. The van der Waals surface area contributed by atoms with Gasteiger partial charge in [-0.15, -0.1) is 5.10 Å². The minimum absolute atomic E-state index is 0.114. The number of hydrogen-bond donors (Lipinski definition) is 1. The second kappa shape index (κ2) is 8.89. The van der Waals surface area contributed by atoms with Gasteiger partial charge in [0, 0.05) is 7.05 Å². The Balaban J connectivity index is 1.53. The molecule has 0 saturated heterocycles. The number of carboxylic acids is 1. The zero-order valence-electron chi connectivity index (χ0n) is 18.5. The van der Waals surface area contributed by atoms with Gasteiger partial charge in [-0.05, 0) is 57.2 Å². The van der Waals surface area contributed by atoms with Crippen LogP contribution in [0.15, 0.2) is 24.9 Å². The smallest absolute Gasteiger partial charge is 0.306 e. The van der Waals surface area contributed by atoms with Gasteiger partial charge in [-0.1, -0.05) is 11.8 Å². The lowest BCUT2D eigenvalue weighted by molar-refractivity contribution is -0.143. The van der Waals surface area contributed by atoms with E-state index in [1.54, 1.807) is 15.7 Å². The van der Waals surface area contributed by atoms with Crippen LogP contribution in [0.2, 0.25) is 0 Å². The van der Waals surface area contributed by atoms with Crippen LogP contribution >= 0.6 is 0 Å². The Morgan fingerprint density at radius 1 is 1.34 bits per heavy atom. The minimum Gasteiger partial charge on any atom is -0.489 e. The molecule has 0 amide bonds. The Hall–Kier alpha value is -3.56. The molecule has 1 aliphatic rings. The van der Waals surface area contributed by atoms with E-state index in [0.717, 1.165) is 35.5 Å². The number of ether oxygens (including phenoxy) is 1. The summed E-state index contributed by atoms with van der Waals surface area (Å²) in [6.07, 6.45) is 4.50. The van der Waals surface area contributed by atoms with Crippen LogP contribution in [0.5, 0.6) is 5.75 Å². The van der Waals surface area contributed by atoms with E-state index in [1.165, 1.54) is 0 Å². The second-order valence-electron chi connectivity index (χ2n) is 8.27. The fourth-order valence-corrected chi connectivity index (χ4v) is 3.92. The molecule has 4 rings (SSSR count). The predicted octanol–water partition coefficient (Wildman–Crippen LogP) is 2.88. The highest BCUT2D eigenvalue weighted by Crippen LogP contribution is 2.30. The number of rotatable bonds is 7. The first kappa shape index (κ1) is 21.7. The quantitative estimate of drug-likeness (QED) is 0.599. The molecule has 10 nitrogen and oxygen atoms in total. The third-order valence-corrected chi connectivity index (χ3v) is 5.76. The van der Waals surface area contributed by atoms with E-state index in [-0.39, 0.29) is 12.0 Å². The molecule has 3 heterocycles. The Morgan fingerprint density at radius 3 is 2.84 bits per heavy atom. The number of aromatic nitrogens is 7. The Morgan fingerprint density at radius 2 is 2.16 bits per heavy atom. The molecule has 0 aliphatic heterocycles. The third kappa shape index (κ3) is 4.53. The Labute approximate surface area is 185 Å². The van der Waals surface area contributed by atoms with Crippen LogP contribution in [0, 0.1) is 12.8 Å². The molecule has 1 N–H and O–H groups in total. The van der Waals surface area contributed by atoms with Gasteiger partial charge in [0.2, 0.25) is 0 Å². The molecule has 0 aromatic carbocycles. The number of pyridine rings is 1. The monoisotopic (exact) mass is 437 g/mol. The summed E-state index contributed by atoms with van der Waals surface area (Å²) in [4.78, 5) is 17.6. The Bertz CT molecular complexity index is 1150. The fourth-order valence-electron chi connectivity index (χ4n) is 3.92. The van der Waals surface area contributed by atoms with Crippen molar-refractivity contribution in [2.75, 3.05) is 0 Å². The number of aliphatic carboxylic acids is 1. The lowest BCUT2D eigenvalue weighted by atomic mass is 9.87. The van der Waals surface area contributed by atoms with Crippen molar-refractivity contribution in [2.24, 2.45) is 13.0 Å². The molecule has 1 saturated carbocycles. The highest BCUT2D eigenvalue weighted by Gasteiger charge is 2.28. The first-order valence-electron chi connectivity index (χ1n) is 10.6. The van der Waals surface area contributed by atoms with Crippen molar-refractivity contribution in [1.29, 1.82) is 0 Å². The van der Waals surface area contributed by atoms with Crippen molar-refractivity contribution in [3.05, 3.63) is 42.0 Å². The van der Waals surface area contributed by atoms with Crippen LogP contribution < -0.4 is 4.74 Å². The first-order chi connectivity index (χ1) is 15.3. The number of allylic oxidation sites excluding steroid dienone is 1. The van der Waals surface area contributed by atoms with E-state index in [4.69, 9.17) is 9.72 Å². The molecule has 32 heavy (non-hydrogen) atoms. The molecule has 1 aliphatic carbocycles. The molecule has 0 bridgehead atoms. The number of aryl methyl sites for hydroxylation is 2. The van der Waals surface area contributed by atoms with Gasteiger partial charge in [0.1, 0.15) is 23.7 Å². The lowest BCUT2D eigenvalue weighted by Crippen LogP contribution is -2.29. The zero-order chi connectivity index (χ0) is 22.8. The number of carbonyl (C=O) groups is 1. The van der Waals surface area contributed by atoms with E-state index in [2.05, 4.69) is 27.1 Å². The molecular formula is C22H27N7O3. The summed E-state index contributed by atoms with van der Waals surface area (Å²) in [6.45, 7) is 8.05. The summed E-state index contributed by atoms with van der Waals surface area (Å²) in [5.41, 5.74) is 4.46. The first-order valence-corrected chi connectivity index (χ1v) is 10.6. The van der Waals surface area contributed by atoms with Crippen molar-refractivity contribution in [2.45, 2.75) is 52.2 Å². The summed E-state index contributed by atoms with van der Waals surface area (Å²) in [7, 11) is 1.82. The second-order valence-corrected chi connectivity index (χ2v) is 8.27. The maximum absolute atomic E-state index is 11.3. The van der Waals surface area contributed by atoms with Gasteiger partial charge in [-0.25, -0.2) is 9.67 Å². The van der Waals surface area contributed by atoms with Crippen LogP contribution in [-0.4, -0.2) is 52.2 Å². The fraction of sp³-hybridized carbons (Fsp3) is 0.455. The van der Waals surface area contributed by atoms with E-state index in [9.17, 15) is 9.90 Å². The van der Waals surface area contributed by atoms with Gasteiger partial charge >= 0.3 is 5.97 Å². The van der Waals surface area contributed by atoms with E-state index in [1.807, 2.05) is 33.0 Å². The highest BCUT2D eigenvalue weighted by atomic mass is 16.5. The summed E-state index contributed by atoms with van der Waals surface area (Å²) >= 11 is 0. The number of hydrogen-bond acceptors (Lipinski definition) is 7. The van der Waals surface area contributed by atoms with Crippen molar-refractivity contribution in [3.8, 4) is 17.1 Å². The summed E-state index contributed by atoms with van der Waals surface area (Å²) < 4.78 is 7.80. The van der Waals surface area contributed by atoms with Crippen LogP contribution in [-0.2, 0) is 18.4 Å². The number of carboxylic acid groups (broad SMARTS) is 1. The highest BCUT2D eigenvalue weighted by molar-refractivity contribution is 5.70. The van der Waals surface area contributed by atoms with E-state index < -0.39 is 5.97 Å². The average molecular weight is 438 g/mol. The topological polar surface area (TPSA) is 121 Å². The summed E-state index contributed by atoms with van der Waals surface area (Å²) in [5, 5.41) is 26.5. The molecule has 1 unspecified atom stereocenters. The van der Waals surface area contributed by atoms with Crippen LogP contribution in [0.1, 0.15) is 49.7 Å². The summed E-state index contributed by atoms with van der Waals surface area (Å²) in [5.74, 6) is -0.430. The maximum atomic E-state index is 11.3. The van der Waals surface area contributed by atoms with E-state index >= 15 is 0 Å². The van der Waals surface area contributed by atoms with Gasteiger partial charge in [-0.3, -0.25) is 4.79 Å². The third-order valence-electron chi connectivity index (χ3n) is 5.76. The average Bonchev–Trinajstić information content (AvgIpc) is 3.37. The van der Waals surface area contributed by atoms with Gasteiger partial charge in [-0.2, -0.15) is 15.0 Å². The minimum atomic E-state index is -0.749. The normalized spacial score (nSPS) is 18.5. The van der Waals surface area contributed by atoms with Crippen molar-refractivity contribution < 1.29 is 14.6 Å². The van der Waals surface area contributed by atoms with Gasteiger partial charge in [0.05, 0.1) is 35.3 Å². The molecule has 3 aromatic heterocycles. The summed E-state index contributed by atoms with van der Waals surface area (Å²) in [6, 6.07) is 3.72. The van der Waals surface area contributed by atoms with Crippen LogP contribution in [0.4, 0.5) is 0 Å². The predicted molar refractivity (Wildman–Crippen MR) is 117 cm³/mol. The largest absolute Gasteiger partial charge is 0.489 e. The molecule has 168 valence electrons. The molecular weight excluding hydrogens is 410 g/mol. The van der Waals surface area contributed by atoms with Crippen molar-refractivity contribution in [1.82, 2.24) is 35.0 Å². The van der Waals surface area contributed by atoms with Crippen molar-refractivity contribution in [3.63, 3.8) is 0 Å². The molecule has 3 aromatic rings. The maximum Gasteiger partial charge on any atom is 0.306 e. The van der Waals surface area contributed by atoms with Gasteiger partial charge < -0.3 is 9.84 Å². The SMILES string of the molecule is C=C(C)c1cnn(Cc2c(-c3ccc(OC4CCC[C@H](C(=O)O)C4)c(C)n3)nnn2C)n1. The van der Waals surface area contributed by atoms with E-state index in [0.29, 0.717) is 36.5 Å². The molecule has 10 heteroatoms. The van der Waals surface area contributed by atoms with Gasteiger partial charge in [0.15, 0.2) is 0 Å². The molecule has 2 atom stereocenters. The van der Waals surface area contributed by atoms with Gasteiger partial charge in [0.25, 0.3) is 0 Å².